The van der Waals surface area contributed by atoms with Crippen LogP contribution >= 0.6 is 23.2 Å². The van der Waals surface area contributed by atoms with Crippen LogP contribution in [0.5, 0.6) is 0 Å². The number of hydrogen-bond donors (Lipinski definition) is 0. The van der Waals surface area contributed by atoms with Gasteiger partial charge < -0.3 is 4.42 Å². The van der Waals surface area contributed by atoms with Gasteiger partial charge in [-0.3, -0.25) is 4.79 Å². The molecule has 0 amide bonds. The maximum Gasteiger partial charge on any atom is 0.137 e. The zero-order chi connectivity index (χ0) is 12.4. The molecule has 0 aliphatic rings. The number of carbonyl (C=O) groups is 1. The van der Waals surface area contributed by atoms with E-state index >= 15 is 0 Å². The second-order valence-corrected chi connectivity index (χ2v) is 4.59. The SMILES string of the molecule is CC(=O)Cc1ccc(-c2ccc(Cl)c(Cl)c2)o1. The fraction of sp³-hybridized carbons (Fsp3) is 0.154. The molecule has 0 unspecified atom stereocenters. The number of furan rings is 1. The zero-order valence-electron chi connectivity index (χ0n) is 9.17. The molecular weight excluding hydrogens is 259 g/mol. The molecule has 0 spiro atoms. The zero-order valence-corrected chi connectivity index (χ0v) is 10.7. The molecule has 88 valence electrons. The standard InChI is InChI=1S/C13H10Cl2O2/c1-8(16)6-10-3-5-13(17-10)9-2-4-11(14)12(15)7-9/h2-5,7H,6H2,1H3. The molecular formula is C13H10Cl2O2. The minimum atomic E-state index is 0.0695. The molecule has 0 fully saturated rings. The Morgan fingerprint density at radius 1 is 1.18 bits per heavy atom. The van der Waals surface area contributed by atoms with Crippen LogP contribution in [0.2, 0.25) is 10.0 Å². The number of ketones is 1. The number of halogens is 2. The van der Waals surface area contributed by atoms with Crippen LogP contribution in [0.3, 0.4) is 0 Å². The van der Waals surface area contributed by atoms with E-state index in [-0.39, 0.29) is 5.78 Å². The van der Waals surface area contributed by atoms with E-state index in [0.29, 0.717) is 28.0 Å². The molecule has 0 saturated heterocycles. The Morgan fingerprint density at radius 3 is 2.59 bits per heavy atom. The second kappa shape index (κ2) is 4.94. The van der Waals surface area contributed by atoms with E-state index in [1.54, 1.807) is 18.2 Å². The smallest absolute Gasteiger partial charge is 0.137 e. The van der Waals surface area contributed by atoms with E-state index in [0.717, 1.165) is 5.56 Å². The molecule has 0 saturated carbocycles. The lowest BCUT2D eigenvalue weighted by molar-refractivity contribution is -0.116. The molecule has 4 heteroatoms. The largest absolute Gasteiger partial charge is 0.461 e. The van der Waals surface area contributed by atoms with Crippen molar-refractivity contribution in [2.24, 2.45) is 0 Å². The minimum absolute atomic E-state index is 0.0695. The highest BCUT2D eigenvalue weighted by Gasteiger charge is 2.08. The maximum absolute atomic E-state index is 11.0. The lowest BCUT2D eigenvalue weighted by Crippen LogP contribution is -1.93. The molecule has 1 aromatic carbocycles. The summed E-state index contributed by atoms with van der Waals surface area (Å²) >= 11 is 11.8. The van der Waals surface area contributed by atoms with E-state index < -0.39 is 0 Å². The Labute approximate surface area is 109 Å². The van der Waals surface area contributed by atoms with E-state index in [1.807, 2.05) is 12.1 Å². The molecule has 2 aromatic rings. The van der Waals surface area contributed by atoms with Crippen molar-refractivity contribution in [1.82, 2.24) is 0 Å². The normalized spacial score (nSPS) is 10.5. The summed E-state index contributed by atoms with van der Waals surface area (Å²) < 4.78 is 5.55. The number of benzene rings is 1. The van der Waals surface area contributed by atoms with Crippen molar-refractivity contribution in [3.05, 3.63) is 46.1 Å². The molecule has 0 N–H and O–H groups in total. The first-order chi connectivity index (χ1) is 8.06. The van der Waals surface area contributed by atoms with Gasteiger partial charge in [-0.1, -0.05) is 23.2 Å². The van der Waals surface area contributed by atoms with Gasteiger partial charge in [0.25, 0.3) is 0 Å². The molecule has 1 heterocycles. The van der Waals surface area contributed by atoms with Crippen molar-refractivity contribution in [2.45, 2.75) is 13.3 Å². The molecule has 17 heavy (non-hydrogen) atoms. The highest BCUT2D eigenvalue weighted by Crippen LogP contribution is 2.29. The van der Waals surface area contributed by atoms with Gasteiger partial charge in [-0.2, -0.15) is 0 Å². The molecule has 1 aromatic heterocycles. The first-order valence-electron chi connectivity index (χ1n) is 5.10. The van der Waals surface area contributed by atoms with E-state index in [4.69, 9.17) is 27.6 Å². The van der Waals surface area contributed by atoms with Crippen LogP contribution in [0.15, 0.2) is 34.7 Å². The monoisotopic (exact) mass is 268 g/mol. The number of rotatable bonds is 3. The van der Waals surface area contributed by atoms with Gasteiger partial charge in [0.15, 0.2) is 0 Å². The fourth-order valence-corrected chi connectivity index (χ4v) is 1.82. The van der Waals surface area contributed by atoms with Crippen molar-refractivity contribution in [3.8, 4) is 11.3 Å². The van der Waals surface area contributed by atoms with Crippen LogP contribution in [-0.4, -0.2) is 5.78 Å². The van der Waals surface area contributed by atoms with Gasteiger partial charge >= 0.3 is 0 Å². The van der Waals surface area contributed by atoms with Crippen LogP contribution in [-0.2, 0) is 11.2 Å². The van der Waals surface area contributed by atoms with Crippen LogP contribution in [0.4, 0.5) is 0 Å². The van der Waals surface area contributed by atoms with Gasteiger partial charge in [0.1, 0.15) is 17.3 Å². The van der Waals surface area contributed by atoms with Crippen molar-refractivity contribution >= 4 is 29.0 Å². The summed E-state index contributed by atoms with van der Waals surface area (Å²) in [7, 11) is 0. The number of Topliss-reactive ketones (excluding diaryl/α,β-unsaturated/α-hetero) is 1. The van der Waals surface area contributed by atoms with Gasteiger partial charge in [0.05, 0.1) is 16.5 Å². The summed E-state index contributed by atoms with van der Waals surface area (Å²) in [5.74, 6) is 1.40. The van der Waals surface area contributed by atoms with Crippen molar-refractivity contribution in [3.63, 3.8) is 0 Å². The Kier molecular flexibility index (Phi) is 3.55. The molecule has 2 nitrogen and oxygen atoms in total. The van der Waals surface area contributed by atoms with Crippen LogP contribution in [0.1, 0.15) is 12.7 Å². The average molecular weight is 269 g/mol. The van der Waals surface area contributed by atoms with Crippen LogP contribution in [0.25, 0.3) is 11.3 Å². The predicted octanol–water partition coefficient (Wildman–Crippen LogP) is 4.38. The van der Waals surface area contributed by atoms with Crippen LogP contribution < -0.4 is 0 Å². The Hall–Kier alpha value is -1.25. The summed E-state index contributed by atoms with van der Waals surface area (Å²) in [6.45, 7) is 1.53. The third kappa shape index (κ3) is 2.90. The molecule has 0 bridgehead atoms. The molecule has 0 aliphatic heterocycles. The maximum atomic E-state index is 11.0. The number of carbonyl (C=O) groups excluding carboxylic acids is 1. The third-order valence-corrected chi connectivity index (χ3v) is 3.03. The lowest BCUT2D eigenvalue weighted by atomic mass is 10.2. The summed E-state index contributed by atoms with van der Waals surface area (Å²) in [6.07, 6.45) is 0.307. The molecule has 0 atom stereocenters. The van der Waals surface area contributed by atoms with E-state index in [2.05, 4.69) is 0 Å². The first-order valence-corrected chi connectivity index (χ1v) is 5.85. The molecule has 2 rings (SSSR count). The summed E-state index contributed by atoms with van der Waals surface area (Å²) in [4.78, 5) is 11.0. The highest BCUT2D eigenvalue weighted by molar-refractivity contribution is 6.42. The predicted molar refractivity (Wildman–Crippen MR) is 68.5 cm³/mol. The highest BCUT2D eigenvalue weighted by atomic mass is 35.5. The van der Waals surface area contributed by atoms with Crippen molar-refractivity contribution in [1.29, 1.82) is 0 Å². The van der Waals surface area contributed by atoms with Gasteiger partial charge in [-0.05, 0) is 37.3 Å². The van der Waals surface area contributed by atoms with Crippen LogP contribution in [0, 0.1) is 0 Å². The average Bonchev–Trinajstić information content (AvgIpc) is 2.69. The second-order valence-electron chi connectivity index (χ2n) is 3.77. The molecule has 0 aliphatic carbocycles. The minimum Gasteiger partial charge on any atom is -0.461 e. The topological polar surface area (TPSA) is 30.2 Å². The Morgan fingerprint density at radius 2 is 1.94 bits per heavy atom. The Bertz CT molecular complexity index is 558. The van der Waals surface area contributed by atoms with E-state index in [1.165, 1.54) is 6.92 Å². The number of hydrogen-bond acceptors (Lipinski definition) is 2. The summed E-state index contributed by atoms with van der Waals surface area (Å²) in [5, 5.41) is 0.986. The summed E-state index contributed by atoms with van der Waals surface area (Å²) in [6, 6.07) is 8.88. The molecule has 0 radical (unpaired) electrons. The lowest BCUT2D eigenvalue weighted by Gasteiger charge is -1.99. The van der Waals surface area contributed by atoms with Gasteiger partial charge in [-0.15, -0.1) is 0 Å². The van der Waals surface area contributed by atoms with Gasteiger partial charge in [0.2, 0.25) is 0 Å². The quantitative estimate of drug-likeness (QED) is 0.827. The summed E-state index contributed by atoms with van der Waals surface area (Å²) in [5.41, 5.74) is 0.842. The van der Waals surface area contributed by atoms with Crippen molar-refractivity contribution < 1.29 is 9.21 Å². The third-order valence-electron chi connectivity index (χ3n) is 2.29. The van der Waals surface area contributed by atoms with Gasteiger partial charge in [-0.25, -0.2) is 0 Å². The van der Waals surface area contributed by atoms with Gasteiger partial charge in [0, 0.05) is 5.56 Å². The fourth-order valence-electron chi connectivity index (χ4n) is 1.52. The van der Waals surface area contributed by atoms with Crippen molar-refractivity contribution in [2.75, 3.05) is 0 Å². The first kappa shape index (κ1) is 12.2. The van der Waals surface area contributed by atoms with E-state index in [9.17, 15) is 4.79 Å². The Balaban J connectivity index is 2.30.